The van der Waals surface area contributed by atoms with Gasteiger partial charge in [0.2, 0.25) is 11.8 Å². The lowest BCUT2D eigenvalue weighted by molar-refractivity contribution is -0.129. The van der Waals surface area contributed by atoms with Crippen molar-refractivity contribution >= 4 is 17.5 Å². The summed E-state index contributed by atoms with van der Waals surface area (Å²) in [5, 5.41) is 6.00. The average molecular weight is 302 g/mol. The van der Waals surface area contributed by atoms with Crippen molar-refractivity contribution in [2.75, 3.05) is 5.32 Å². The standard InChI is InChI=1S/C18H26N2O2/c1-3-13(2)19-17(21)14-9-11-15(12-10-14)18(22)20-16-7-5-4-6-8-16/h4-8,13-15H,3,9-12H2,1-2H3,(H,19,21)(H,20,22). The third kappa shape index (κ3) is 4.58. The maximum absolute atomic E-state index is 12.3. The summed E-state index contributed by atoms with van der Waals surface area (Å²) >= 11 is 0. The van der Waals surface area contributed by atoms with Crippen LogP contribution in [0.3, 0.4) is 0 Å². The topological polar surface area (TPSA) is 58.2 Å². The maximum atomic E-state index is 12.3. The first-order valence-corrected chi connectivity index (χ1v) is 8.26. The number of hydrogen-bond donors (Lipinski definition) is 2. The Morgan fingerprint density at radius 1 is 1.05 bits per heavy atom. The Balaban J connectivity index is 1.79. The molecule has 2 N–H and O–H groups in total. The van der Waals surface area contributed by atoms with Crippen molar-refractivity contribution in [3.05, 3.63) is 30.3 Å². The van der Waals surface area contributed by atoms with Crippen molar-refractivity contribution in [2.24, 2.45) is 11.8 Å². The molecule has 0 saturated heterocycles. The van der Waals surface area contributed by atoms with Crippen LogP contribution in [0.25, 0.3) is 0 Å². The summed E-state index contributed by atoms with van der Waals surface area (Å²) in [5.41, 5.74) is 0.837. The van der Waals surface area contributed by atoms with E-state index in [1.165, 1.54) is 0 Å². The van der Waals surface area contributed by atoms with Gasteiger partial charge in [-0.05, 0) is 51.2 Å². The predicted octanol–water partition coefficient (Wildman–Crippen LogP) is 3.35. The molecular weight excluding hydrogens is 276 g/mol. The molecule has 2 amide bonds. The largest absolute Gasteiger partial charge is 0.353 e. The molecule has 1 aromatic rings. The molecule has 1 unspecified atom stereocenters. The van der Waals surface area contributed by atoms with Gasteiger partial charge in [-0.2, -0.15) is 0 Å². The molecule has 1 aromatic carbocycles. The molecular formula is C18H26N2O2. The zero-order valence-corrected chi connectivity index (χ0v) is 13.5. The molecule has 0 bridgehead atoms. The van der Waals surface area contributed by atoms with Gasteiger partial charge in [0, 0.05) is 23.6 Å². The first kappa shape index (κ1) is 16.5. The summed E-state index contributed by atoms with van der Waals surface area (Å²) in [7, 11) is 0. The van der Waals surface area contributed by atoms with Crippen molar-refractivity contribution < 1.29 is 9.59 Å². The Morgan fingerprint density at radius 2 is 1.59 bits per heavy atom. The van der Waals surface area contributed by atoms with E-state index in [0.717, 1.165) is 37.8 Å². The first-order chi connectivity index (χ1) is 10.6. The number of hydrogen-bond acceptors (Lipinski definition) is 2. The Kier molecular flexibility index (Phi) is 5.99. The lowest BCUT2D eigenvalue weighted by Gasteiger charge is -2.28. The Hall–Kier alpha value is -1.84. The van der Waals surface area contributed by atoms with E-state index in [1.54, 1.807) is 0 Å². The van der Waals surface area contributed by atoms with E-state index in [4.69, 9.17) is 0 Å². The quantitative estimate of drug-likeness (QED) is 0.876. The smallest absolute Gasteiger partial charge is 0.227 e. The minimum Gasteiger partial charge on any atom is -0.353 e. The summed E-state index contributed by atoms with van der Waals surface area (Å²) in [4.78, 5) is 24.4. The number of nitrogens with one attached hydrogen (secondary N) is 2. The van der Waals surface area contributed by atoms with E-state index in [0.29, 0.717) is 0 Å². The fraction of sp³-hybridized carbons (Fsp3) is 0.556. The molecule has 1 aliphatic carbocycles. The molecule has 1 atom stereocenters. The van der Waals surface area contributed by atoms with Gasteiger partial charge in [-0.1, -0.05) is 25.1 Å². The third-order valence-electron chi connectivity index (χ3n) is 4.51. The zero-order valence-electron chi connectivity index (χ0n) is 13.5. The van der Waals surface area contributed by atoms with Crippen LogP contribution in [0.4, 0.5) is 5.69 Å². The van der Waals surface area contributed by atoms with Gasteiger partial charge >= 0.3 is 0 Å². The van der Waals surface area contributed by atoms with Gasteiger partial charge in [0.25, 0.3) is 0 Å². The number of amides is 2. The number of anilines is 1. The minimum absolute atomic E-state index is 0.0212. The second-order valence-electron chi connectivity index (χ2n) is 6.22. The lowest BCUT2D eigenvalue weighted by Crippen LogP contribution is -2.39. The maximum Gasteiger partial charge on any atom is 0.227 e. The molecule has 4 heteroatoms. The number of rotatable bonds is 5. The van der Waals surface area contributed by atoms with E-state index in [9.17, 15) is 9.59 Å². The predicted molar refractivity (Wildman–Crippen MR) is 88.4 cm³/mol. The van der Waals surface area contributed by atoms with Crippen molar-refractivity contribution in [3.63, 3.8) is 0 Å². The average Bonchev–Trinajstić information content (AvgIpc) is 2.55. The van der Waals surface area contributed by atoms with Gasteiger partial charge in [-0.15, -0.1) is 0 Å². The summed E-state index contributed by atoms with van der Waals surface area (Å²) in [6, 6.07) is 9.76. The molecule has 22 heavy (non-hydrogen) atoms. The molecule has 1 fully saturated rings. The van der Waals surface area contributed by atoms with Crippen LogP contribution in [-0.2, 0) is 9.59 Å². The lowest BCUT2D eigenvalue weighted by atomic mass is 9.81. The third-order valence-corrected chi connectivity index (χ3v) is 4.51. The van der Waals surface area contributed by atoms with Crippen molar-refractivity contribution in [1.82, 2.24) is 5.32 Å². The highest BCUT2D eigenvalue weighted by Crippen LogP contribution is 2.30. The van der Waals surface area contributed by atoms with Crippen molar-refractivity contribution in [2.45, 2.75) is 52.0 Å². The van der Waals surface area contributed by atoms with Crippen molar-refractivity contribution in [3.8, 4) is 0 Å². The van der Waals surface area contributed by atoms with Crippen LogP contribution in [0, 0.1) is 11.8 Å². The van der Waals surface area contributed by atoms with Crippen LogP contribution in [-0.4, -0.2) is 17.9 Å². The summed E-state index contributed by atoms with van der Waals surface area (Å²) in [6.45, 7) is 4.09. The van der Waals surface area contributed by atoms with Gasteiger partial charge < -0.3 is 10.6 Å². The number of carbonyl (C=O) groups is 2. The molecule has 0 spiro atoms. The Labute approximate surface area is 132 Å². The molecule has 1 saturated carbocycles. The molecule has 120 valence electrons. The van der Waals surface area contributed by atoms with Crippen LogP contribution in [0.15, 0.2) is 30.3 Å². The molecule has 0 radical (unpaired) electrons. The molecule has 4 nitrogen and oxygen atoms in total. The second kappa shape index (κ2) is 7.97. The van der Waals surface area contributed by atoms with Crippen LogP contribution in [0.1, 0.15) is 46.0 Å². The fourth-order valence-corrected chi connectivity index (χ4v) is 2.85. The van der Waals surface area contributed by atoms with Gasteiger partial charge in [-0.25, -0.2) is 0 Å². The highest BCUT2D eigenvalue weighted by molar-refractivity contribution is 5.92. The van der Waals surface area contributed by atoms with Crippen LogP contribution < -0.4 is 10.6 Å². The highest BCUT2D eigenvalue weighted by Gasteiger charge is 2.30. The van der Waals surface area contributed by atoms with E-state index in [-0.39, 0.29) is 29.7 Å². The van der Waals surface area contributed by atoms with Crippen LogP contribution >= 0.6 is 0 Å². The van der Waals surface area contributed by atoms with E-state index in [1.807, 2.05) is 37.3 Å². The minimum atomic E-state index is 0.0212. The molecule has 0 heterocycles. The SMILES string of the molecule is CCC(C)NC(=O)C1CCC(C(=O)Nc2ccccc2)CC1. The van der Waals surface area contributed by atoms with E-state index in [2.05, 4.69) is 17.6 Å². The summed E-state index contributed by atoms with van der Waals surface area (Å²) < 4.78 is 0. The number of benzene rings is 1. The fourth-order valence-electron chi connectivity index (χ4n) is 2.85. The zero-order chi connectivity index (χ0) is 15.9. The number of para-hydroxylation sites is 1. The Morgan fingerprint density at radius 3 is 2.14 bits per heavy atom. The monoisotopic (exact) mass is 302 g/mol. The van der Waals surface area contributed by atoms with E-state index < -0.39 is 0 Å². The van der Waals surface area contributed by atoms with E-state index >= 15 is 0 Å². The summed E-state index contributed by atoms with van der Waals surface area (Å²) in [6.07, 6.45) is 4.12. The highest BCUT2D eigenvalue weighted by atomic mass is 16.2. The van der Waals surface area contributed by atoms with Gasteiger partial charge in [0.05, 0.1) is 0 Å². The molecule has 1 aliphatic rings. The number of carbonyl (C=O) groups excluding carboxylic acids is 2. The van der Waals surface area contributed by atoms with Crippen LogP contribution in [0.5, 0.6) is 0 Å². The second-order valence-corrected chi connectivity index (χ2v) is 6.22. The Bertz CT molecular complexity index is 493. The van der Waals surface area contributed by atoms with Gasteiger partial charge in [-0.3, -0.25) is 9.59 Å². The molecule has 2 rings (SSSR count). The van der Waals surface area contributed by atoms with Crippen LogP contribution in [0.2, 0.25) is 0 Å². The first-order valence-electron chi connectivity index (χ1n) is 8.26. The van der Waals surface area contributed by atoms with Gasteiger partial charge in [0.1, 0.15) is 0 Å². The molecule has 0 aromatic heterocycles. The summed E-state index contributed by atoms with van der Waals surface area (Å²) in [5.74, 6) is 0.311. The normalized spacial score (nSPS) is 22.6. The van der Waals surface area contributed by atoms with Crippen molar-refractivity contribution in [1.29, 1.82) is 0 Å². The molecule has 0 aliphatic heterocycles. The van der Waals surface area contributed by atoms with Gasteiger partial charge in [0.15, 0.2) is 0 Å².